The van der Waals surface area contributed by atoms with Crippen molar-refractivity contribution in [1.82, 2.24) is 4.98 Å². The molecule has 0 unspecified atom stereocenters. The van der Waals surface area contributed by atoms with Crippen molar-refractivity contribution in [2.45, 2.75) is 6.42 Å². The summed E-state index contributed by atoms with van der Waals surface area (Å²) < 4.78 is 11.0. The molecule has 8 heteroatoms. The normalized spacial score (nSPS) is 10.4. The van der Waals surface area contributed by atoms with Crippen LogP contribution in [0.4, 0.5) is 5.69 Å². The van der Waals surface area contributed by atoms with Crippen molar-refractivity contribution >= 4 is 46.4 Å². The van der Waals surface area contributed by atoms with E-state index in [4.69, 9.17) is 44.3 Å². The van der Waals surface area contributed by atoms with Gasteiger partial charge in [-0.25, -0.2) is 4.98 Å². The number of carbonyl (C=O) groups is 1. The van der Waals surface area contributed by atoms with Gasteiger partial charge in [-0.2, -0.15) is 0 Å². The van der Waals surface area contributed by atoms with E-state index in [9.17, 15) is 4.79 Å². The number of pyridine rings is 1. The number of halogens is 3. The van der Waals surface area contributed by atoms with Crippen LogP contribution in [0.2, 0.25) is 15.1 Å². The highest BCUT2D eigenvalue weighted by atomic mass is 35.5. The molecule has 0 aliphatic heterocycles. The lowest BCUT2D eigenvalue weighted by atomic mass is 10.1. The minimum absolute atomic E-state index is 0.0814. The van der Waals surface area contributed by atoms with Gasteiger partial charge in [0.15, 0.2) is 5.75 Å². The van der Waals surface area contributed by atoms with Gasteiger partial charge in [0.2, 0.25) is 11.8 Å². The Labute approximate surface area is 177 Å². The minimum Gasteiger partial charge on any atom is -0.496 e. The Morgan fingerprint density at radius 3 is 2.57 bits per heavy atom. The Balaban J connectivity index is 1.78. The maximum atomic E-state index is 12.6. The molecule has 0 saturated heterocycles. The lowest BCUT2D eigenvalue weighted by molar-refractivity contribution is -0.115. The van der Waals surface area contributed by atoms with Crippen molar-refractivity contribution in [2.24, 2.45) is 0 Å². The van der Waals surface area contributed by atoms with E-state index < -0.39 is 0 Å². The number of ether oxygens (including phenoxy) is 2. The van der Waals surface area contributed by atoms with Crippen molar-refractivity contribution < 1.29 is 14.3 Å². The Kier molecular flexibility index (Phi) is 6.62. The van der Waals surface area contributed by atoms with E-state index in [0.717, 1.165) is 0 Å². The molecule has 5 nitrogen and oxygen atoms in total. The van der Waals surface area contributed by atoms with Crippen LogP contribution in [0.15, 0.2) is 54.7 Å². The Bertz CT molecular complexity index is 1010. The molecular formula is C20H15Cl3N2O3. The van der Waals surface area contributed by atoms with Crippen LogP contribution in [-0.4, -0.2) is 18.0 Å². The summed E-state index contributed by atoms with van der Waals surface area (Å²) in [5.41, 5.74) is 1.15. The summed E-state index contributed by atoms with van der Waals surface area (Å²) >= 11 is 18.0. The lowest BCUT2D eigenvalue weighted by Crippen LogP contribution is -2.15. The highest BCUT2D eigenvalue weighted by Crippen LogP contribution is 2.33. The van der Waals surface area contributed by atoms with Gasteiger partial charge in [-0.1, -0.05) is 46.9 Å². The number of rotatable bonds is 6. The van der Waals surface area contributed by atoms with Gasteiger partial charge in [0, 0.05) is 16.8 Å². The summed E-state index contributed by atoms with van der Waals surface area (Å²) in [5.74, 6) is 0.905. The van der Waals surface area contributed by atoms with E-state index in [0.29, 0.717) is 32.8 Å². The SMILES string of the molecule is COc1ccc(Cl)cc1CC(=O)Nc1ccccc1Oc1ncc(Cl)cc1Cl. The molecular weight excluding hydrogens is 423 g/mol. The van der Waals surface area contributed by atoms with Crippen LogP contribution in [0.5, 0.6) is 17.4 Å². The van der Waals surface area contributed by atoms with Crippen molar-refractivity contribution in [1.29, 1.82) is 0 Å². The molecule has 144 valence electrons. The molecule has 0 spiro atoms. The Hall–Kier alpha value is -2.47. The first-order chi connectivity index (χ1) is 13.5. The number of nitrogens with one attached hydrogen (secondary N) is 1. The van der Waals surface area contributed by atoms with Gasteiger partial charge in [0.05, 0.1) is 24.2 Å². The van der Waals surface area contributed by atoms with Crippen molar-refractivity contribution in [3.05, 3.63) is 75.4 Å². The number of methoxy groups -OCH3 is 1. The quantitative estimate of drug-likeness (QED) is 0.512. The zero-order valence-electron chi connectivity index (χ0n) is 14.7. The summed E-state index contributed by atoms with van der Waals surface area (Å²) in [7, 11) is 1.54. The van der Waals surface area contributed by atoms with Gasteiger partial charge in [0.25, 0.3) is 0 Å². The van der Waals surface area contributed by atoms with E-state index >= 15 is 0 Å². The maximum Gasteiger partial charge on any atom is 0.238 e. The number of carbonyl (C=O) groups excluding carboxylic acids is 1. The first-order valence-electron chi connectivity index (χ1n) is 8.16. The van der Waals surface area contributed by atoms with Crippen LogP contribution in [0.3, 0.4) is 0 Å². The predicted molar refractivity (Wildman–Crippen MR) is 111 cm³/mol. The van der Waals surface area contributed by atoms with Crippen LogP contribution in [0.1, 0.15) is 5.56 Å². The first-order valence-corrected chi connectivity index (χ1v) is 9.30. The summed E-state index contributed by atoms with van der Waals surface area (Å²) in [6, 6.07) is 13.6. The van der Waals surface area contributed by atoms with E-state index in [-0.39, 0.29) is 23.2 Å². The van der Waals surface area contributed by atoms with Crippen LogP contribution >= 0.6 is 34.8 Å². The van der Waals surface area contributed by atoms with E-state index in [1.165, 1.54) is 19.4 Å². The van der Waals surface area contributed by atoms with Gasteiger partial charge in [-0.05, 0) is 36.4 Å². The van der Waals surface area contributed by atoms with Gasteiger partial charge < -0.3 is 14.8 Å². The highest BCUT2D eigenvalue weighted by Gasteiger charge is 2.14. The Morgan fingerprint density at radius 2 is 1.82 bits per heavy atom. The molecule has 0 atom stereocenters. The third-order valence-electron chi connectivity index (χ3n) is 3.74. The van der Waals surface area contributed by atoms with E-state index in [1.807, 2.05) is 0 Å². The Morgan fingerprint density at radius 1 is 1.04 bits per heavy atom. The fraction of sp³-hybridized carbons (Fsp3) is 0.100. The number of amides is 1. The minimum atomic E-state index is -0.258. The summed E-state index contributed by atoms with van der Waals surface area (Å²) in [5, 5.41) is 4.00. The predicted octanol–water partition coefficient (Wildman–Crippen LogP) is 6.02. The monoisotopic (exact) mass is 436 g/mol. The van der Waals surface area contributed by atoms with Gasteiger partial charge in [-0.15, -0.1) is 0 Å². The second-order valence-electron chi connectivity index (χ2n) is 5.72. The molecule has 1 aromatic heterocycles. The van der Waals surface area contributed by atoms with Gasteiger partial charge in [0.1, 0.15) is 10.8 Å². The molecule has 0 aliphatic carbocycles. The van der Waals surface area contributed by atoms with Crippen molar-refractivity contribution in [3.8, 4) is 17.4 Å². The largest absolute Gasteiger partial charge is 0.496 e. The second-order valence-corrected chi connectivity index (χ2v) is 7.00. The smallest absolute Gasteiger partial charge is 0.238 e. The third kappa shape index (κ3) is 5.07. The average Bonchev–Trinajstić information content (AvgIpc) is 2.65. The third-order valence-corrected chi connectivity index (χ3v) is 4.45. The summed E-state index contributed by atoms with van der Waals surface area (Å²) in [6.45, 7) is 0. The second kappa shape index (κ2) is 9.15. The van der Waals surface area contributed by atoms with E-state index in [1.54, 1.807) is 42.5 Å². The molecule has 0 saturated carbocycles. The molecule has 0 bridgehead atoms. The number of para-hydroxylation sites is 2. The zero-order valence-corrected chi connectivity index (χ0v) is 17.0. The molecule has 1 heterocycles. The average molecular weight is 438 g/mol. The van der Waals surface area contributed by atoms with E-state index in [2.05, 4.69) is 10.3 Å². The first kappa shape index (κ1) is 20.3. The van der Waals surface area contributed by atoms with Crippen molar-refractivity contribution in [3.63, 3.8) is 0 Å². The topological polar surface area (TPSA) is 60.5 Å². The number of benzene rings is 2. The zero-order chi connectivity index (χ0) is 20.1. The fourth-order valence-electron chi connectivity index (χ4n) is 2.49. The van der Waals surface area contributed by atoms with Crippen LogP contribution in [0, 0.1) is 0 Å². The molecule has 1 N–H and O–H groups in total. The van der Waals surface area contributed by atoms with Gasteiger partial charge in [-0.3, -0.25) is 4.79 Å². The fourth-order valence-corrected chi connectivity index (χ4v) is 3.11. The molecule has 3 rings (SSSR count). The lowest BCUT2D eigenvalue weighted by Gasteiger charge is -2.13. The molecule has 0 aliphatic rings. The number of anilines is 1. The summed E-state index contributed by atoms with van der Waals surface area (Å²) in [6.07, 6.45) is 1.51. The number of nitrogens with zero attached hydrogens (tertiary/aromatic N) is 1. The molecule has 0 radical (unpaired) electrons. The summed E-state index contributed by atoms with van der Waals surface area (Å²) in [4.78, 5) is 16.6. The number of aromatic nitrogens is 1. The highest BCUT2D eigenvalue weighted by molar-refractivity contribution is 6.35. The van der Waals surface area contributed by atoms with Gasteiger partial charge >= 0.3 is 0 Å². The maximum absolute atomic E-state index is 12.6. The molecule has 3 aromatic rings. The molecule has 0 fully saturated rings. The standard InChI is InChI=1S/C20H15Cl3N2O3/c1-27-17-7-6-13(21)8-12(17)9-19(26)25-16-4-2-3-5-18(16)28-20-15(23)10-14(22)11-24-20/h2-8,10-11H,9H2,1H3,(H,25,26). The van der Waals surface area contributed by atoms with Crippen LogP contribution in [-0.2, 0) is 11.2 Å². The van der Waals surface area contributed by atoms with Crippen LogP contribution < -0.4 is 14.8 Å². The number of hydrogen-bond acceptors (Lipinski definition) is 4. The molecule has 2 aromatic carbocycles. The van der Waals surface area contributed by atoms with Crippen molar-refractivity contribution in [2.75, 3.05) is 12.4 Å². The van der Waals surface area contributed by atoms with Crippen LogP contribution in [0.25, 0.3) is 0 Å². The molecule has 28 heavy (non-hydrogen) atoms. The molecule has 1 amide bonds. The number of hydrogen-bond donors (Lipinski definition) is 1.